The number of esters is 3. The van der Waals surface area contributed by atoms with Crippen molar-refractivity contribution in [3.05, 3.63) is 97.2 Å². The lowest BCUT2D eigenvalue weighted by atomic mass is 10.1. The molecule has 0 N–H and O–H groups in total. The molecule has 0 fully saturated rings. The Hall–Kier alpha value is -3.67. The average molecular weight is 960 g/mol. The van der Waals surface area contributed by atoms with Gasteiger partial charge in [-0.1, -0.05) is 221 Å². The van der Waals surface area contributed by atoms with Gasteiger partial charge in [-0.25, -0.2) is 0 Å². The lowest BCUT2D eigenvalue weighted by molar-refractivity contribution is -0.167. The number of rotatable bonds is 51. The van der Waals surface area contributed by atoms with Crippen molar-refractivity contribution in [2.75, 3.05) is 13.2 Å². The molecule has 0 rings (SSSR count). The maximum absolute atomic E-state index is 12.8. The molecule has 0 aliphatic rings. The van der Waals surface area contributed by atoms with Crippen molar-refractivity contribution in [2.45, 2.75) is 271 Å². The number of unbranched alkanes of at least 4 members (excludes halogenated alkanes) is 24. The Bertz CT molecular complexity index is 1380. The van der Waals surface area contributed by atoms with Gasteiger partial charge in [0, 0.05) is 19.3 Å². The second-order valence-electron chi connectivity index (χ2n) is 18.8. The summed E-state index contributed by atoms with van der Waals surface area (Å²) >= 11 is 0. The van der Waals surface area contributed by atoms with Crippen molar-refractivity contribution in [3.63, 3.8) is 0 Å². The number of carbonyl (C=O) groups excluding carboxylic acids is 3. The van der Waals surface area contributed by atoms with Gasteiger partial charge in [-0.05, 0) is 122 Å². The molecule has 0 aromatic heterocycles. The second-order valence-corrected chi connectivity index (χ2v) is 18.8. The largest absolute Gasteiger partial charge is 0.462 e. The van der Waals surface area contributed by atoms with Crippen LogP contribution >= 0.6 is 0 Å². The van der Waals surface area contributed by atoms with Crippen LogP contribution in [0.4, 0.5) is 0 Å². The van der Waals surface area contributed by atoms with E-state index in [2.05, 4.69) is 118 Å². The van der Waals surface area contributed by atoms with Crippen LogP contribution in [0.5, 0.6) is 0 Å². The highest BCUT2D eigenvalue weighted by atomic mass is 16.6. The fourth-order valence-corrected chi connectivity index (χ4v) is 7.67. The summed E-state index contributed by atoms with van der Waals surface area (Å²) in [5, 5.41) is 0. The molecule has 0 aromatic carbocycles. The molecular formula is C63H106O6. The molecular weight excluding hydrogens is 853 g/mol. The van der Waals surface area contributed by atoms with Crippen molar-refractivity contribution in [1.29, 1.82) is 0 Å². The lowest BCUT2D eigenvalue weighted by Crippen LogP contribution is -2.30. The number of hydrogen-bond donors (Lipinski definition) is 0. The first-order chi connectivity index (χ1) is 34.0. The van der Waals surface area contributed by atoms with Crippen LogP contribution < -0.4 is 0 Å². The standard InChI is InChI=1S/C63H106O6/c1-4-7-10-13-16-19-22-25-28-30-31-33-35-38-41-44-47-50-53-56-62(65)68-59-60(58-67-61(64)55-52-49-46-43-40-37-34-27-24-21-18-15-12-9-6-3)69-63(66)57-54-51-48-45-42-39-36-32-29-26-23-20-17-14-11-8-5-2/h17-18,20-21,25-29,34,36,39-40,43,45,48,60H,4-16,19,22-24,30-33,35,37-38,41-42,44,46-47,49-59H2,1-3H3/b20-17-,21-18-,28-25-,29-26-,34-27-,39-36-,43-40-,48-45-/t60-/m1/s1. The minimum Gasteiger partial charge on any atom is -0.462 e. The van der Waals surface area contributed by atoms with E-state index in [0.29, 0.717) is 19.3 Å². The summed E-state index contributed by atoms with van der Waals surface area (Å²) in [7, 11) is 0. The summed E-state index contributed by atoms with van der Waals surface area (Å²) in [6.45, 7) is 6.50. The first-order valence-corrected chi connectivity index (χ1v) is 28.7. The van der Waals surface area contributed by atoms with Gasteiger partial charge in [-0.3, -0.25) is 14.4 Å². The van der Waals surface area contributed by atoms with E-state index >= 15 is 0 Å². The molecule has 0 aromatic rings. The van der Waals surface area contributed by atoms with E-state index in [-0.39, 0.29) is 37.5 Å². The Morgan fingerprint density at radius 1 is 0.290 bits per heavy atom. The first kappa shape index (κ1) is 65.3. The van der Waals surface area contributed by atoms with Crippen LogP contribution in [0, 0.1) is 0 Å². The summed E-state index contributed by atoms with van der Waals surface area (Å²) in [6, 6.07) is 0. The van der Waals surface area contributed by atoms with Crippen molar-refractivity contribution in [2.24, 2.45) is 0 Å². The van der Waals surface area contributed by atoms with Gasteiger partial charge in [0.25, 0.3) is 0 Å². The van der Waals surface area contributed by atoms with E-state index in [1.54, 1.807) is 0 Å². The second kappa shape index (κ2) is 56.9. The molecule has 0 aliphatic heterocycles. The monoisotopic (exact) mass is 959 g/mol. The van der Waals surface area contributed by atoms with Gasteiger partial charge in [-0.2, -0.15) is 0 Å². The van der Waals surface area contributed by atoms with Crippen LogP contribution in [0.25, 0.3) is 0 Å². The molecule has 0 bridgehead atoms. The van der Waals surface area contributed by atoms with E-state index < -0.39 is 6.10 Å². The average Bonchev–Trinajstić information content (AvgIpc) is 3.35. The smallest absolute Gasteiger partial charge is 0.306 e. The third-order valence-corrected chi connectivity index (χ3v) is 12.0. The van der Waals surface area contributed by atoms with Crippen LogP contribution in [0.1, 0.15) is 265 Å². The van der Waals surface area contributed by atoms with Crippen LogP contribution in [-0.4, -0.2) is 37.2 Å². The number of hydrogen-bond acceptors (Lipinski definition) is 6. The molecule has 0 heterocycles. The number of allylic oxidation sites excluding steroid dienone is 16. The lowest BCUT2D eigenvalue weighted by Gasteiger charge is -2.18. The maximum atomic E-state index is 12.8. The Morgan fingerprint density at radius 3 is 0.928 bits per heavy atom. The van der Waals surface area contributed by atoms with Crippen molar-refractivity contribution in [3.8, 4) is 0 Å². The number of ether oxygens (including phenoxy) is 3. The Labute approximate surface area is 426 Å². The van der Waals surface area contributed by atoms with Crippen LogP contribution in [0.15, 0.2) is 97.2 Å². The minimum absolute atomic E-state index is 0.113. The highest BCUT2D eigenvalue weighted by Gasteiger charge is 2.19. The van der Waals surface area contributed by atoms with E-state index in [0.717, 1.165) is 77.0 Å². The van der Waals surface area contributed by atoms with Crippen LogP contribution in [0.2, 0.25) is 0 Å². The van der Waals surface area contributed by atoms with Gasteiger partial charge < -0.3 is 14.2 Å². The molecule has 0 aliphatic carbocycles. The summed E-state index contributed by atoms with van der Waals surface area (Å²) in [6.07, 6.45) is 75.4. The van der Waals surface area contributed by atoms with Gasteiger partial charge in [0.1, 0.15) is 13.2 Å². The Balaban J connectivity index is 4.51. The summed E-state index contributed by atoms with van der Waals surface area (Å²) in [5.41, 5.74) is 0. The van der Waals surface area contributed by atoms with Crippen molar-refractivity contribution >= 4 is 17.9 Å². The fourth-order valence-electron chi connectivity index (χ4n) is 7.67. The number of carbonyl (C=O) groups is 3. The SMILES string of the molecule is CCCCC/C=C\C/C=C\C/C=C\C/C=C\CCCC(=O)O[C@H](COC(=O)CCCC/C=C\C/C=C\C/C=C\CCCCC)COC(=O)CCCCCCCCCCC/C=C\CCCCCCCC. The molecule has 0 amide bonds. The predicted octanol–water partition coefficient (Wildman–Crippen LogP) is 19.3. The molecule has 0 spiro atoms. The summed E-state index contributed by atoms with van der Waals surface area (Å²) < 4.78 is 16.8. The van der Waals surface area contributed by atoms with Crippen LogP contribution in [0.3, 0.4) is 0 Å². The predicted molar refractivity (Wildman–Crippen MR) is 297 cm³/mol. The third-order valence-electron chi connectivity index (χ3n) is 12.0. The maximum Gasteiger partial charge on any atom is 0.306 e. The van der Waals surface area contributed by atoms with Gasteiger partial charge in [0.2, 0.25) is 0 Å². The Kier molecular flexibility index (Phi) is 53.9. The fraction of sp³-hybridized carbons (Fsp3) is 0.698. The zero-order chi connectivity index (χ0) is 50.0. The molecule has 1 atom stereocenters. The molecule has 6 nitrogen and oxygen atoms in total. The normalized spacial score (nSPS) is 12.8. The highest BCUT2D eigenvalue weighted by molar-refractivity contribution is 5.71. The van der Waals surface area contributed by atoms with Crippen molar-refractivity contribution < 1.29 is 28.6 Å². The van der Waals surface area contributed by atoms with Gasteiger partial charge >= 0.3 is 17.9 Å². The molecule has 394 valence electrons. The highest BCUT2D eigenvalue weighted by Crippen LogP contribution is 2.14. The van der Waals surface area contributed by atoms with Gasteiger partial charge in [-0.15, -0.1) is 0 Å². The van der Waals surface area contributed by atoms with E-state index in [4.69, 9.17) is 14.2 Å². The summed E-state index contributed by atoms with van der Waals surface area (Å²) in [5.74, 6) is -1.01. The minimum atomic E-state index is -0.824. The third kappa shape index (κ3) is 55.1. The van der Waals surface area contributed by atoms with Crippen LogP contribution in [-0.2, 0) is 28.6 Å². The Morgan fingerprint density at radius 2 is 0.536 bits per heavy atom. The topological polar surface area (TPSA) is 78.9 Å². The molecule has 0 unspecified atom stereocenters. The zero-order valence-electron chi connectivity index (χ0n) is 45.0. The van der Waals surface area contributed by atoms with Gasteiger partial charge in [0.05, 0.1) is 0 Å². The quantitative estimate of drug-likeness (QED) is 0.0262. The zero-order valence-corrected chi connectivity index (χ0v) is 45.0. The van der Waals surface area contributed by atoms with E-state index in [1.807, 2.05) is 0 Å². The van der Waals surface area contributed by atoms with Crippen molar-refractivity contribution in [1.82, 2.24) is 0 Å². The molecule has 0 saturated heterocycles. The van der Waals surface area contributed by atoms with Gasteiger partial charge in [0.15, 0.2) is 6.10 Å². The van der Waals surface area contributed by atoms with E-state index in [9.17, 15) is 14.4 Å². The molecule has 6 heteroatoms. The van der Waals surface area contributed by atoms with E-state index in [1.165, 1.54) is 141 Å². The summed E-state index contributed by atoms with van der Waals surface area (Å²) in [4.78, 5) is 38.1. The molecule has 0 saturated carbocycles. The first-order valence-electron chi connectivity index (χ1n) is 28.7. The molecule has 69 heavy (non-hydrogen) atoms. The molecule has 0 radical (unpaired) electrons.